The number of piperidine rings is 1. The lowest BCUT2D eigenvalue weighted by Crippen LogP contribution is -2.37. The average molecular weight is 389 g/mol. The first-order valence-corrected chi connectivity index (χ1v) is 10.1. The average Bonchev–Trinajstić information content (AvgIpc) is 3.47. The van der Waals surface area contributed by atoms with Gasteiger partial charge in [0.05, 0.1) is 5.52 Å². The fourth-order valence-electron chi connectivity index (χ4n) is 4.21. The maximum atomic E-state index is 14.5. The van der Waals surface area contributed by atoms with E-state index in [0.717, 1.165) is 34.2 Å². The number of benzene rings is 1. The SMILES string of the molecule is C/C(=C1/CN(c2ncc(C3CC3)cn2)CCC1=N)c1cc(F)c(C)c2[nH]ccc12. The second kappa shape index (κ2) is 6.79. The molecule has 0 atom stereocenters. The normalized spacial score (nSPS) is 19.1. The molecule has 3 heterocycles. The van der Waals surface area contributed by atoms with Gasteiger partial charge in [0, 0.05) is 54.8 Å². The number of H-pyrrole nitrogens is 1. The van der Waals surface area contributed by atoms with Crippen molar-refractivity contribution < 1.29 is 4.39 Å². The summed E-state index contributed by atoms with van der Waals surface area (Å²) < 4.78 is 14.5. The number of aromatic amines is 1. The monoisotopic (exact) mass is 389 g/mol. The molecule has 6 heteroatoms. The van der Waals surface area contributed by atoms with Gasteiger partial charge in [0.25, 0.3) is 0 Å². The minimum Gasteiger partial charge on any atom is -0.361 e. The van der Waals surface area contributed by atoms with Crippen LogP contribution in [0.3, 0.4) is 0 Å². The van der Waals surface area contributed by atoms with Crippen LogP contribution in [0, 0.1) is 18.2 Å². The van der Waals surface area contributed by atoms with Gasteiger partial charge in [0.1, 0.15) is 5.82 Å². The van der Waals surface area contributed by atoms with E-state index in [0.29, 0.717) is 36.1 Å². The molecule has 148 valence electrons. The van der Waals surface area contributed by atoms with Gasteiger partial charge < -0.3 is 15.3 Å². The number of anilines is 1. The fraction of sp³-hybridized carbons (Fsp3) is 0.348. The Morgan fingerprint density at radius 1 is 1.28 bits per heavy atom. The molecule has 0 radical (unpaired) electrons. The van der Waals surface area contributed by atoms with E-state index in [1.165, 1.54) is 18.4 Å². The summed E-state index contributed by atoms with van der Waals surface area (Å²) in [6.45, 7) is 5.06. The van der Waals surface area contributed by atoms with Crippen molar-refractivity contribution in [1.82, 2.24) is 15.0 Å². The predicted molar refractivity (Wildman–Crippen MR) is 114 cm³/mol. The van der Waals surface area contributed by atoms with E-state index in [1.54, 1.807) is 13.0 Å². The highest BCUT2D eigenvalue weighted by Gasteiger charge is 2.26. The number of aromatic nitrogens is 3. The Kier molecular flexibility index (Phi) is 4.23. The van der Waals surface area contributed by atoms with Crippen molar-refractivity contribution in [2.24, 2.45) is 0 Å². The molecule has 2 aliphatic rings. The molecule has 0 unspecified atom stereocenters. The van der Waals surface area contributed by atoms with Gasteiger partial charge in [-0.1, -0.05) is 0 Å². The molecule has 2 fully saturated rings. The summed E-state index contributed by atoms with van der Waals surface area (Å²) >= 11 is 0. The summed E-state index contributed by atoms with van der Waals surface area (Å²) in [5.74, 6) is 1.11. The first-order valence-electron chi connectivity index (χ1n) is 10.1. The first kappa shape index (κ1) is 18.0. The van der Waals surface area contributed by atoms with E-state index in [4.69, 9.17) is 5.41 Å². The summed E-state index contributed by atoms with van der Waals surface area (Å²) in [6, 6.07) is 3.58. The summed E-state index contributed by atoms with van der Waals surface area (Å²) in [4.78, 5) is 14.4. The standard InChI is InChI=1S/C23H24FN5/c1-13(18-9-20(24)14(2)22-17(18)5-7-26-22)19-12-29(8-6-21(19)25)23-27-10-16(11-28-23)15-3-4-15/h5,7,9-11,15,25-26H,3-4,6,8,12H2,1-2H3/b19-13+,25-21?. The van der Waals surface area contributed by atoms with Crippen molar-refractivity contribution in [2.75, 3.05) is 18.0 Å². The Morgan fingerprint density at radius 3 is 2.76 bits per heavy atom. The lowest BCUT2D eigenvalue weighted by Gasteiger charge is -2.30. The number of nitrogens with zero attached hydrogens (tertiary/aromatic N) is 3. The number of nitrogens with one attached hydrogen (secondary N) is 2. The molecule has 1 aliphatic heterocycles. The Hall–Kier alpha value is -3.02. The minimum atomic E-state index is -0.229. The molecular formula is C23H24FN5. The molecule has 1 aliphatic carbocycles. The summed E-state index contributed by atoms with van der Waals surface area (Å²) in [6.07, 6.45) is 8.81. The van der Waals surface area contributed by atoms with Crippen molar-refractivity contribution in [3.8, 4) is 0 Å². The van der Waals surface area contributed by atoms with Crippen LogP contribution in [0.1, 0.15) is 48.8 Å². The van der Waals surface area contributed by atoms with Gasteiger partial charge >= 0.3 is 0 Å². The van der Waals surface area contributed by atoms with E-state index in [-0.39, 0.29) is 5.82 Å². The van der Waals surface area contributed by atoms with E-state index in [1.807, 2.05) is 31.6 Å². The molecule has 5 nitrogen and oxygen atoms in total. The minimum absolute atomic E-state index is 0.229. The Morgan fingerprint density at radius 2 is 2.03 bits per heavy atom. The number of hydrogen-bond donors (Lipinski definition) is 2. The summed E-state index contributed by atoms with van der Waals surface area (Å²) in [5, 5.41) is 9.51. The smallest absolute Gasteiger partial charge is 0.225 e. The van der Waals surface area contributed by atoms with Crippen LogP contribution in [0.5, 0.6) is 0 Å². The van der Waals surface area contributed by atoms with Gasteiger partial charge in [0.2, 0.25) is 5.95 Å². The van der Waals surface area contributed by atoms with Crippen LogP contribution in [0.25, 0.3) is 16.5 Å². The molecule has 29 heavy (non-hydrogen) atoms. The van der Waals surface area contributed by atoms with E-state index >= 15 is 0 Å². The lowest BCUT2D eigenvalue weighted by molar-refractivity contribution is 0.620. The second-order valence-electron chi connectivity index (χ2n) is 8.14. The highest BCUT2D eigenvalue weighted by Crippen LogP contribution is 2.39. The highest BCUT2D eigenvalue weighted by molar-refractivity contribution is 6.08. The molecule has 2 N–H and O–H groups in total. The van der Waals surface area contributed by atoms with Gasteiger partial charge in [-0.05, 0) is 67.0 Å². The van der Waals surface area contributed by atoms with Gasteiger partial charge in [-0.15, -0.1) is 0 Å². The molecular weight excluding hydrogens is 365 g/mol. The maximum Gasteiger partial charge on any atom is 0.225 e. The van der Waals surface area contributed by atoms with E-state index < -0.39 is 0 Å². The largest absolute Gasteiger partial charge is 0.361 e. The van der Waals surface area contributed by atoms with Crippen LogP contribution in [-0.4, -0.2) is 33.8 Å². The maximum absolute atomic E-state index is 14.5. The number of allylic oxidation sites excluding steroid dienone is 1. The van der Waals surface area contributed by atoms with Crippen LogP contribution in [0.4, 0.5) is 10.3 Å². The molecule has 1 aromatic carbocycles. The van der Waals surface area contributed by atoms with Crippen LogP contribution in [-0.2, 0) is 0 Å². The van der Waals surface area contributed by atoms with Gasteiger partial charge in [-0.25, -0.2) is 14.4 Å². The number of hydrogen-bond acceptors (Lipinski definition) is 4. The predicted octanol–water partition coefficient (Wildman–Crippen LogP) is 4.99. The fourth-order valence-corrected chi connectivity index (χ4v) is 4.21. The first-order chi connectivity index (χ1) is 14.0. The number of fused-ring (bicyclic) bond motifs is 1. The van der Waals surface area contributed by atoms with Crippen molar-refractivity contribution in [3.63, 3.8) is 0 Å². The van der Waals surface area contributed by atoms with Crippen molar-refractivity contribution in [2.45, 2.75) is 39.0 Å². The molecule has 2 aromatic heterocycles. The summed E-state index contributed by atoms with van der Waals surface area (Å²) in [7, 11) is 0. The van der Waals surface area contributed by atoms with Crippen LogP contribution in [0.15, 0.2) is 36.3 Å². The zero-order chi connectivity index (χ0) is 20.1. The van der Waals surface area contributed by atoms with Crippen LogP contribution < -0.4 is 4.90 Å². The third-order valence-corrected chi connectivity index (χ3v) is 6.23. The molecule has 1 saturated heterocycles. The Balaban J connectivity index is 1.51. The van der Waals surface area contributed by atoms with Gasteiger partial charge in [-0.3, -0.25) is 0 Å². The molecule has 0 amide bonds. The molecule has 0 spiro atoms. The lowest BCUT2D eigenvalue weighted by atomic mass is 9.91. The molecule has 1 saturated carbocycles. The number of halogens is 1. The Bertz CT molecular complexity index is 1140. The second-order valence-corrected chi connectivity index (χ2v) is 8.14. The van der Waals surface area contributed by atoms with Crippen molar-refractivity contribution in [3.05, 3.63) is 58.8 Å². The molecule has 5 rings (SSSR count). The topological polar surface area (TPSA) is 68.7 Å². The molecule has 3 aromatic rings. The van der Waals surface area contributed by atoms with Gasteiger partial charge in [0.15, 0.2) is 0 Å². The van der Waals surface area contributed by atoms with E-state index in [9.17, 15) is 4.39 Å². The van der Waals surface area contributed by atoms with Crippen molar-refractivity contribution in [1.29, 1.82) is 5.41 Å². The third-order valence-electron chi connectivity index (χ3n) is 6.23. The summed E-state index contributed by atoms with van der Waals surface area (Å²) in [5.41, 5.74) is 5.98. The third kappa shape index (κ3) is 3.12. The highest BCUT2D eigenvalue weighted by atomic mass is 19.1. The quantitative estimate of drug-likeness (QED) is 0.663. The zero-order valence-electron chi connectivity index (χ0n) is 16.7. The number of rotatable bonds is 3. The zero-order valence-corrected chi connectivity index (χ0v) is 16.7. The van der Waals surface area contributed by atoms with Crippen molar-refractivity contribution >= 4 is 28.1 Å². The number of aryl methyl sites for hydroxylation is 1. The van der Waals surface area contributed by atoms with Gasteiger partial charge in [-0.2, -0.15) is 0 Å². The van der Waals surface area contributed by atoms with Crippen LogP contribution >= 0.6 is 0 Å². The van der Waals surface area contributed by atoms with Crippen LogP contribution in [0.2, 0.25) is 0 Å². The Labute approximate surface area is 169 Å². The molecule has 0 bridgehead atoms. The van der Waals surface area contributed by atoms with E-state index in [2.05, 4.69) is 19.9 Å².